The molecule has 0 aromatic heterocycles. The van der Waals surface area contributed by atoms with Crippen LogP contribution in [0.4, 0.5) is 0 Å². The molecule has 0 amide bonds. The normalized spacial score (nSPS) is 11.2. The van der Waals surface area contributed by atoms with Gasteiger partial charge in [0.2, 0.25) is 0 Å². The Morgan fingerprint density at radius 3 is 1.75 bits per heavy atom. The molecule has 0 saturated carbocycles. The Hall–Kier alpha value is -1.92. The fourth-order valence-corrected chi connectivity index (χ4v) is 1.64. The molecule has 7 nitrogen and oxygen atoms in total. The van der Waals surface area contributed by atoms with Gasteiger partial charge in [0.1, 0.15) is 0 Å². The molecule has 8 heteroatoms. The fraction of sp³-hybridized carbons (Fsp3) is 0.250. The second-order valence-corrected chi connectivity index (χ2v) is 3.11. The fourth-order valence-electron chi connectivity index (χ4n) is 1.64. The van der Waals surface area contributed by atoms with Gasteiger partial charge in [-0.2, -0.15) is 0 Å². The number of ether oxygens (including phenoxy) is 1. The molecule has 1 aromatic carbocycles. The Kier molecular flexibility index (Phi) is 40.8. The quantitative estimate of drug-likeness (QED) is 0.578. The van der Waals surface area contributed by atoms with Crippen molar-refractivity contribution in [1.82, 2.24) is 0 Å². The van der Waals surface area contributed by atoms with Crippen molar-refractivity contribution in [1.29, 1.82) is 0 Å². The molecule has 0 aliphatic carbocycles. The molecule has 1 atom stereocenters. The molecule has 0 fully saturated rings. The van der Waals surface area contributed by atoms with Crippen molar-refractivity contribution in [3.8, 4) is 0 Å². The third-order valence-electron chi connectivity index (χ3n) is 2.25. The minimum absolute atomic E-state index is 0. The summed E-state index contributed by atoms with van der Waals surface area (Å²) in [5.41, 5.74) is 3.50. The van der Waals surface area contributed by atoms with Gasteiger partial charge in [0, 0.05) is 40.8 Å². The van der Waals surface area contributed by atoms with Gasteiger partial charge in [0.25, 0.3) is 0 Å². The summed E-state index contributed by atoms with van der Waals surface area (Å²) in [5.74, 6) is 0. The number of benzene rings is 1. The first-order valence-electron chi connectivity index (χ1n) is 5.60. The van der Waals surface area contributed by atoms with E-state index >= 15 is 0 Å². The maximum Gasteiger partial charge on any atom is 0 e. The Morgan fingerprint density at radius 1 is 0.917 bits per heavy atom. The first-order chi connectivity index (χ1) is 11.3. The van der Waals surface area contributed by atoms with Gasteiger partial charge in [-0.05, 0) is 13.8 Å². The number of fused-ring (bicyclic) bond motifs is 1. The molecule has 0 N–H and O–H groups in total. The van der Waals surface area contributed by atoms with Gasteiger partial charge in [0.05, 0.1) is 0 Å². The van der Waals surface area contributed by atoms with Gasteiger partial charge >= 0.3 is 56.5 Å². The number of hydrogen-bond donors (Lipinski definition) is 0. The summed E-state index contributed by atoms with van der Waals surface area (Å²) in [6.07, 6.45) is -0.0683. The van der Waals surface area contributed by atoms with Gasteiger partial charge in [-0.25, -0.2) is 0 Å². The molecule has 1 aliphatic heterocycles. The summed E-state index contributed by atoms with van der Waals surface area (Å²) in [7, 11) is 0. The van der Waals surface area contributed by atoms with E-state index in [0.717, 1.165) is 5.71 Å². The van der Waals surface area contributed by atoms with E-state index in [1.807, 2.05) is 26.0 Å². The molecule has 1 heterocycles. The third kappa shape index (κ3) is 12.6. The summed E-state index contributed by atoms with van der Waals surface area (Å²) >= 11 is 0. The van der Waals surface area contributed by atoms with E-state index in [1.165, 1.54) is 11.1 Å². The summed E-state index contributed by atoms with van der Waals surface area (Å²) in [6, 6.07) is 8.23. The number of nitrogens with zero attached hydrogens (tertiary/aromatic N) is 1. The summed E-state index contributed by atoms with van der Waals surface area (Å²) in [4.78, 5) is 4.44. The van der Waals surface area contributed by atoms with Crippen LogP contribution in [-0.4, -0.2) is 12.3 Å². The van der Waals surface area contributed by atoms with E-state index in [1.54, 1.807) is 0 Å². The number of rotatable bonds is 2. The zero-order valence-corrected chi connectivity index (χ0v) is 14.2. The second kappa shape index (κ2) is 29.1. The van der Waals surface area contributed by atoms with Crippen molar-refractivity contribution in [3.63, 3.8) is 0 Å². The van der Waals surface area contributed by atoms with E-state index < -0.39 is 0 Å². The molecule has 0 spiro atoms. The van der Waals surface area contributed by atoms with Crippen LogP contribution in [0.2, 0.25) is 0 Å². The molecule has 0 radical (unpaired) electrons. The zero-order chi connectivity index (χ0) is 19.3. The SMILES string of the molecule is CCOC1N=C(C)c2ccccc21.[C-]#[O+].[C-]#[O+].[C-]#[O+].[C-]#[O+].[C-]#[O+].[Cr]. The monoisotopic (exact) mass is 367 g/mol. The average Bonchev–Trinajstić information content (AvgIpc) is 3.00. The molecule has 1 aromatic rings. The van der Waals surface area contributed by atoms with Crippen molar-refractivity contribution in [3.05, 3.63) is 68.6 Å². The van der Waals surface area contributed by atoms with E-state index in [9.17, 15) is 0 Å². The standard InChI is InChI=1S/C11H13NO.5CO.Cr/c1-3-13-11-10-7-5-4-6-9(10)8(2)12-11;5*1-2;/h4-7,11H,3H2,1-2H3;;;;;;. The summed E-state index contributed by atoms with van der Waals surface area (Å²) in [5, 5.41) is 0. The van der Waals surface area contributed by atoms with E-state index in [4.69, 9.17) is 28.0 Å². The van der Waals surface area contributed by atoms with Crippen LogP contribution >= 0.6 is 0 Å². The topological polar surface area (TPSA) is 121 Å². The smallest absolute Gasteiger partial charge is 0 e. The molecular weight excluding hydrogens is 354 g/mol. The van der Waals surface area contributed by atoms with Crippen LogP contribution in [0.1, 0.15) is 31.2 Å². The van der Waals surface area contributed by atoms with E-state index in [-0.39, 0.29) is 23.6 Å². The Bertz CT molecular complexity index is 511. The minimum atomic E-state index is -0.0683. The molecule has 0 saturated heterocycles. The van der Waals surface area contributed by atoms with Crippen LogP contribution in [0.15, 0.2) is 29.3 Å². The van der Waals surface area contributed by atoms with Gasteiger partial charge in [0.15, 0.2) is 6.23 Å². The van der Waals surface area contributed by atoms with Crippen molar-refractivity contribution in [2.75, 3.05) is 6.61 Å². The molecule has 1 unspecified atom stereocenters. The van der Waals surface area contributed by atoms with Gasteiger partial charge < -0.3 is 4.74 Å². The molecule has 1 aliphatic rings. The van der Waals surface area contributed by atoms with Gasteiger partial charge in [-0.15, -0.1) is 0 Å². The molecule has 24 heavy (non-hydrogen) atoms. The zero-order valence-electron chi connectivity index (χ0n) is 12.9. The largest absolute Gasteiger partial charge is 0 e. The number of hydrogen-bond acceptors (Lipinski definition) is 2. The Morgan fingerprint density at radius 2 is 1.33 bits per heavy atom. The van der Waals surface area contributed by atoms with Crippen molar-refractivity contribution in [2.24, 2.45) is 4.99 Å². The van der Waals surface area contributed by atoms with Gasteiger partial charge in [-0.1, -0.05) is 24.3 Å². The van der Waals surface area contributed by atoms with Crippen LogP contribution in [0, 0.1) is 33.3 Å². The predicted molar refractivity (Wildman–Crippen MR) is 72.7 cm³/mol. The third-order valence-corrected chi connectivity index (χ3v) is 2.25. The Labute approximate surface area is 151 Å². The average molecular weight is 367 g/mol. The van der Waals surface area contributed by atoms with Crippen molar-refractivity contribution >= 4 is 5.71 Å². The van der Waals surface area contributed by atoms with E-state index in [0.29, 0.717) is 6.61 Å². The maximum atomic E-state index is 7.50. The molecule has 2 rings (SSSR count). The predicted octanol–water partition coefficient (Wildman–Crippen LogP) is 2.35. The second-order valence-electron chi connectivity index (χ2n) is 3.11. The van der Waals surface area contributed by atoms with Crippen molar-refractivity contribution < 1.29 is 45.4 Å². The van der Waals surface area contributed by atoms with Crippen LogP contribution in [0.25, 0.3) is 0 Å². The van der Waals surface area contributed by atoms with E-state index in [2.05, 4.69) is 50.4 Å². The minimum Gasteiger partial charge on any atom is 0 e. The van der Waals surface area contributed by atoms with Crippen molar-refractivity contribution in [2.45, 2.75) is 20.1 Å². The molecular formula is C16H13CrNO6. The first-order valence-corrected chi connectivity index (χ1v) is 5.60. The van der Waals surface area contributed by atoms with Crippen LogP contribution < -0.4 is 0 Å². The summed E-state index contributed by atoms with van der Waals surface area (Å²) < 4.78 is 43.0. The van der Waals surface area contributed by atoms with Crippen LogP contribution in [0.5, 0.6) is 0 Å². The van der Waals surface area contributed by atoms with Crippen LogP contribution in [-0.2, 0) is 45.4 Å². The molecule has 0 bridgehead atoms. The number of aliphatic imine (C=N–C) groups is 1. The Balaban J connectivity index is -0.0000000950. The molecule has 124 valence electrons. The summed E-state index contributed by atoms with van der Waals surface area (Å²) in [6.45, 7) is 27.2. The van der Waals surface area contributed by atoms with Crippen LogP contribution in [0.3, 0.4) is 0 Å². The first kappa shape index (κ1) is 33.6. The maximum absolute atomic E-state index is 7.50. The van der Waals surface area contributed by atoms with Gasteiger partial charge in [-0.3, -0.25) is 4.99 Å².